The number of ether oxygens (including phenoxy) is 4. The van der Waals surface area contributed by atoms with Gasteiger partial charge in [0, 0.05) is 25.6 Å². The second-order valence-corrected chi connectivity index (χ2v) is 9.88. The summed E-state index contributed by atoms with van der Waals surface area (Å²) in [7, 11) is 5.94. The van der Waals surface area contributed by atoms with Gasteiger partial charge >= 0.3 is 12.2 Å². The van der Waals surface area contributed by atoms with Crippen molar-refractivity contribution in [3.8, 4) is 11.5 Å². The highest BCUT2D eigenvalue weighted by molar-refractivity contribution is 5.67. The van der Waals surface area contributed by atoms with Gasteiger partial charge in [-0.1, -0.05) is 43.6 Å². The van der Waals surface area contributed by atoms with Crippen molar-refractivity contribution in [1.82, 2.24) is 9.80 Å². The fraction of sp³-hybridized carbons (Fsp3) is 0.586. The maximum atomic E-state index is 12.0. The third kappa shape index (κ3) is 8.44. The van der Waals surface area contributed by atoms with E-state index in [9.17, 15) is 9.59 Å². The molecule has 8 nitrogen and oxygen atoms in total. The second kappa shape index (κ2) is 14.5. The molecule has 1 aliphatic rings. The lowest BCUT2D eigenvalue weighted by Crippen LogP contribution is -2.31. The van der Waals surface area contributed by atoms with E-state index in [0.29, 0.717) is 11.5 Å². The predicted octanol–water partition coefficient (Wildman–Crippen LogP) is 6.50. The number of nitrogens with zero attached hydrogens (tertiary/aromatic N) is 2. The third-order valence-corrected chi connectivity index (χ3v) is 6.75. The Morgan fingerprint density at radius 1 is 1.00 bits per heavy atom. The molecule has 0 saturated heterocycles. The van der Waals surface area contributed by atoms with Crippen LogP contribution in [0.15, 0.2) is 35.9 Å². The minimum absolute atomic E-state index is 0.0205. The van der Waals surface area contributed by atoms with E-state index in [-0.39, 0.29) is 25.3 Å². The molecular weight excluding hydrogens is 472 g/mol. The van der Waals surface area contributed by atoms with Crippen LogP contribution in [0.25, 0.3) is 0 Å². The molecule has 8 heteroatoms. The lowest BCUT2D eigenvalue weighted by molar-refractivity contribution is 0.0951. The molecule has 0 N–H and O–H groups in total. The number of rotatable bonds is 12. The number of unbranched alkanes of at least 4 members (excludes halogenated alkanes) is 2. The minimum Gasteiger partial charge on any atom is -0.472 e. The molecule has 0 aromatic heterocycles. The molecule has 0 aliphatic heterocycles. The fourth-order valence-electron chi connectivity index (χ4n) is 4.60. The molecule has 1 aliphatic carbocycles. The van der Waals surface area contributed by atoms with E-state index in [1.54, 1.807) is 14.1 Å². The van der Waals surface area contributed by atoms with Crippen LogP contribution in [-0.4, -0.2) is 63.8 Å². The molecule has 2 rings (SSSR count). The van der Waals surface area contributed by atoms with Gasteiger partial charge in [0.15, 0.2) is 13.5 Å². The van der Waals surface area contributed by atoms with E-state index in [4.69, 9.17) is 18.9 Å². The lowest BCUT2D eigenvalue weighted by Gasteiger charge is -2.33. The molecule has 2 amide bonds. The summed E-state index contributed by atoms with van der Waals surface area (Å²) in [6.45, 7) is 10.7. The summed E-state index contributed by atoms with van der Waals surface area (Å²) in [5, 5.41) is 0. The Balaban J connectivity index is 2.61. The number of aryl methyl sites for hydroxylation is 1. The molecule has 37 heavy (non-hydrogen) atoms. The van der Waals surface area contributed by atoms with Gasteiger partial charge in [-0.2, -0.15) is 0 Å². The van der Waals surface area contributed by atoms with Gasteiger partial charge < -0.3 is 18.9 Å². The molecule has 2 unspecified atom stereocenters. The minimum atomic E-state index is -0.481. The van der Waals surface area contributed by atoms with Gasteiger partial charge in [-0.25, -0.2) is 9.59 Å². The van der Waals surface area contributed by atoms with E-state index in [2.05, 4.69) is 45.6 Å². The van der Waals surface area contributed by atoms with Crippen LogP contribution < -0.4 is 9.47 Å². The fourth-order valence-corrected chi connectivity index (χ4v) is 4.60. The summed E-state index contributed by atoms with van der Waals surface area (Å²) in [5.74, 6) is 1.49. The van der Waals surface area contributed by atoms with Crippen LogP contribution in [0.3, 0.4) is 0 Å². The van der Waals surface area contributed by atoms with Gasteiger partial charge in [-0.05, 0) is 63.1 Å². The van der Waals surface area contributed by atoms with Crippen molar-refractivity contribution in [3.05, 3.63) is 47.1 Å². The Morgan fingerprint density at radius 2 is 1.54 bits per heavy atom. The summed E-state index contributed by atoms with van der Waals surface area (Å²) in [6.07, 6.45) is 7.42. The average molecular weight is 517 g/mol. The molecule has 0 spiro atoms. The van der Waals surface area contributed by atoms with Gasteiger partial charge in [-0.3, -0.25) is 9.80 Å². The molecule has 0 heterocycles. The van der Waals surface area contributed by atoms with Crippen molar-refractivity contribution < 1.29 is 28.5 Å². The van der Waals surface area contributed by atoms with Crippen LogP contribution in [0.4, 0.5) is 9.59 Å². The van der Waals surface area contributed by atoms with Gasteiger partial charge in [0.25, 0.3) is 0 Å². The normalized spacial score (nSPS) is 16.9. The zero-order valence-corrected chi connectivity index (χ0v) is 23.6. The third-order valence-electron chi connectivity index (χ3n) is 6.75. The van der Waals surface area contributed by atoms with Gasteiger partial charge in [-0.15, -0.1) is 0 Å². The first kappa shape index (κ1) is 30.1. The molecule has 2 atom stereocenters. The van der Waals surface area contributed by atoms with Crippen molar-refractivity contribution in [2.45, 2.75) is 65.2 Å². The highest BCUT2D eigenvalue weighted by Crippen LogP contribution is 2.47. The first-order valence-corrected chi connectivity index (χ1v) is 13.0. The standard InChI is InChI=1S/C29H44N2O6/c1-9-10-11-12-22-16-25(36-18-30(5)28(32)34-7)27(24-15-21(4)13-14-23(24)20(2)3)26(17-22)37-19-31(6)29(33)35-8/h15-17,23-24H,2,9-14,18-19H2,1,3-8H3. The van der Waals surface area contributed by atoms with E-state index in [0.717, 1.165) is 55.2 Å². The number of benzene rings is 1. The van der Waals surface area contributed by atoms with Crippen LogP contribution >= 0.6 is 0 Å². The Kier molecular flexibility index (Phi) is 11.8. The zero-order chi connectivity index (χ0) is 27.5. The molecule has 0 radical (unpaired) electrons. The summed E-state index contributed by atoms with van der Waals surface area (Å²) < 4.78 is 22.2. The molecular formula is C29H44N2O6. The molecule has 0 fully saturated rings. The monoisotopic (exact) mass is 516 g/mol. The van der Waals surface area contributed by atoms with E-state index < -0.39 is 12.2 Å². The lowest BCUT2D eigenvalue weighted by atomic mass is 9.73. The smallest absolute Gasteiger partial charge is 0.411 e. The number of carbonyl (C=O) groups excluding carboxylic acids is 2. The summed E-state index contributed by atoms with van der Waals surface area (Å²) >= 11 is 0. The topological polar surface area (TPSA) is 77.5 Å². The summed E-state index contributed by atoms with van der Waals surface area (Å²) in [5.41, 5.74) is 4.36. The van der Waals surface area contributed by atoms with Crippen LogP contribution in [0, 0.1) is 5.92 Å². The first-order chi connectivity index (χ1) is 17.6. The Morgan fingerprint density at radius 3 is 2.00 bits per heavy atom. The Labute approximate surface area is 222 Å². The number of methoxy groups -OCH3 is 2. The number of allylic oxidation sites excluding steroid dienone is 3. The van der Waals surface area contributed by atoms with Crippen molar-refractivity contribution in [2.75, 3.05) is 41.8 Å². The van der Waals surface area contributed by atoms with Gasteiger partial charge in [0.2, 0.25) is 0 Å². The molecule has 0 saturated carbocycles. The van der Waals surface area contributed by atoms with Crippen LogP contribution in [0.5, 0.6) is 11.5 Å². The predicted molar refractivity (Wildman–Crippen MR) is 145 cm³/mol. The number of hydrogen-bond donors (Lipinski definition) is 0. The maximum absolute atomic E-state index is 12.0. The second-order valence-electron chi connectivity index (χ2n) is 9.88. The van der Waals surface area contributed by atoms with E-state index in [1.165, 1.54) is 29.6 Å². The van der Waals surface area contributed by atoms with Crippen molar-refractivity contribution in [3.63, 3.8) is 0 Å². The Hall–Kier alpha value is -3.16. The zero-order valence-electron chi connectivity index (χ0n) is 23.6. The van der Waals surface area contributed by atoms with Crippen LogP contribution in [-0.2, 0) is 15.9 Å². The highest BCUT2D eigenvalue weighted by atomic mass is 16.6. The average Bonchev–Trinajstić information content (AvgIpc) is 2.88. The van der Waals surface area contributed by atoms with Crippen LogP contribution in [0.1, 0.15) is 69.9 Å². The highest BCUT2D eigenvalue weighted by Gasteiger charge is 2.32. The summed E-state index contributed by atoms with van der Waals surface area (Å²) in [4.78, 5) is 26.8. The largest absolute Gasteiger partial charge is 0.472 e. The van der Waals surface area contributed by atoms with Crippen LogP contribution in [0.2, 0.25) is 0 Å². The van der Waals surface area contributed by atoms with E-state index in [1.807, 2.05) is 0 Å². The molecule has 206 valence electrons. The summed E-state index contributed by atoms with van der Waals surface area (Å²) in [6, 6.07) is 4.11. The molecule has 1 aromatic carbocycles. The maximum Gasteiger partial charge on any atom is 0.411 e. The number of hydrogen-bond acceptors (Lipinski definition) is 6. The van der Waals surface area contributed by atoms with Crippen molar-refractivity contribution in [2.24, 2.45) is 5.92 Å². The first-order valence-electron chi connectivity index (χ1n) is 13.0. The number of carbonyl (C=O) groups is 2. The SMILES string of the molecule is C=C(C)C1CCC(C)=CC1c1c(OCN(C)C(=O)OC)cc(CCCCC)cc1OCN(C)C(=O)OC. The number of amides is 2. The van der Waals surface area contributed by atoms with Crippen molar-refractivity contribution in [1.29, 1.82) is 0 Å². The van der Waals surface area contributed by atoms with E-state index >= 15 is 0 Å². The van der Waals surface area contributed by atoms with Gasteiger partial charge in [0.1, 0.15) is 11.5 Å². The molecule has 0 bridgehead atoms. The quantitative estimate of drug-likeness (QED) is 0.179. The van der Waals surface area contributed by atoms with Gasteiger partial charge in [0.05, 0.1) is 14.2 Å². The van der Waals surface area contributed by atoms with Crippen molar-refractivity contribution >= 4 is 12.2 Å². The molecule has 1 aromatic rings. The Bertz CT molecular complexity index is 926.